The number of ether oxygens (including phenoxy) is 2. The normalized spacial score (nSPS) is 11.0. The summed E-state index contributed by atoms with van der Waals surface area (Å²) in [5, 5.41) is 10.8. The van der Waals surface area contributed by atoms with E-state index in [1.54, 1.807) is 68.8 Å². The molecule has 0 aliphatic heterocycles. The molecule has 3 N–H and O–H groups in total. The fourth-order valence-electron chi connectivity index (χ4n) is 4.60. The fourth-order valence-corrected chi connectivity index (χ4v) is 6.09. The van der Waals surface area contributed by atoms with Gasteiger partial charge in [0.05, 0.1) is 25.7 Å². The van der Waals surface area contributed by atoms with Gasteiger partial charge >= 0.3 is 0 Å². The van der Waals surface area contributed by atoms with Crippen LogP contribution in [0.4, 0.5) is 16.5 Å². The number of benzene rings is 4. The Kier molecular flexibility index (Phi) is 11.7. The van der Waals surface area contributed by atoms with E-state index in [0.717, 1.165) is 21.7 Å². The zero-order chi connectivity index (χ0) is 34.8. The molecule has 5 rings (SSSR count). The molecule has 0 saturated heterocycles. The molecular weight excluding hydrogens is 659 g/mol. The first kappa shape index (κ1) is 34.7. The monoisotopic (exact) mass is 693 g/mol. The Bertz CT molecular complexity index is 1960. The van der Waals surface area contributed by atoms with Crippen molar-refractivity contribution in [1.82, 2.24) is 10.3 Å². The predicted molar refractivity (Wildman–Crippen MR) is 198 cm³/mol. The SMILES string of the molecule is COc1ccc(-c2csc(NC(=O)CSc3cccc(NC(=O)/C(=C\c4ccc(N(C)C)cc4)NC(=O)c4ccccc4)c3)n2)cc1OC. The molecule has 49 heavy (non-hydrogen) atoms. The zero-order valence-corrected chi connectivity index (χ0v) is 29.0. The van der Waals surface area contributed by atoms with Crippen molar-refractivity contribution in [1.29, 1.82) is 0 Å². The zero-order valence-electron chi connectivity index (χ0n) is 27.4. The number of rotatable bonds is 13. The van der Waals surface area contributed by atoms with Gasteiger partial charge in [-0.25, -0.2) is 4.98 Å². The van der Waals surface area contributed by atoms with Gasteiger partial charge in [-0.3, -0.25) is 14.4 Å². The molecular formula is C37H35N5O5S2. The summed E-state index contributed by atoms with van der Waals surface area (Å²) in [6.45, 7) is 0. The van der Waals surface area contributed by atoms with Crippen molar-refractivity contribution in [2.75, 3.05) is 49.6 Å². The maximum Gasteiger partial charge on any atom is 0.272 e. The number of methoxy groups -OCH3 is 2. The first-order valence-corrected chi connectivity index (χ1v) is 17.0. The highest BCUT2D eigenvalue weighted by Gasteiger charge is 2.16. The standard InChI is InChI=1S/C37H35N5O5S2/c1-42(2)28-16-13-24(14-17-28)19-30(39-35(44)25-9-6-5-7-10-25)36(45)38-27-11-8-12-29(21-27)48-23-34(43)41-37-40-31(22-49-37)26-15-18-32(46-3)33(20-26)47-4/h5-22H,23H2,1-4H3,(H,38,45)(H,39,44)(H,40,41,43)/b30-19+. The summed E-state index contributed by atoms with van der Waals surface area (Å²) in [6, 6.07) is 29.0. The average molecular weight is 694 g/mol. The number of nitrogens with zero attached hydrogens (tertiary/aromatic N) is 2. The van der Waals surface area contributed by atoms with Gasteiger partial charge in [0.15, 0.2) is 16.6 Å². The number of aromatic nitrogens is 1. The van der Waals surface area contributed by atoms with Crippen LogP contribution in [0.1, 0.15) is 15.9 Å². The number of nitrogens with one attached hydrogen (secondary N) is 3. The van der Waals surface area contributed by atoms with Crippen LogP contribution >= 0.6 is 23.1 Å². The van der Waals surface area contributed by atoms with Gasteiger partial charge in [-0.2, -0.15) is 0 Å². The highest BCUT2D eigenvalue weighted by molar-refractivity contribution is 8.00. The van der Waals surface area contributed by atoms with Gasteiger partial charge in [-0.1, -0.05) is 36.4 Å². The number of anilines is 3. The van der Waals surface area contributed by atoms with E-state index in [1.807, 2.05) is 72.9 Å². The van der Waals surface area contributed by atoms with Crippen LogP contribution in [0, 0.1) is 0 Å². The average Bonchev–Trinajstić information content (AvgIpc) is 3.59. The molecule has 1 heterocycles. The highest BCUT2D eigenvalue weighted by Crippen LogP contribution is 2.33. The van der Waals surface area contributed by atoms with Crippen molar-refractivity contribution in [2.45, 2.75) is 4.90 Å². The Morgan fingerprint density at radius 3 is 2.33 bits per heavy atom. The van der Waals surface area contributed by atoms with Gasteiger partial charge in [0.1, 0.15) is 5.70 Å². The molecule has 0 aliphatic carbocycles. The van der Waals surface area contributed by atoms with Crippen molar-refractivity contribution in [2.24, 2.45) is 0 Å². The van der Waals surface area contributed by atoms with E-state index >= 15 is 0 Å². The molecule has 0 aliphatic rings. The Balaban J connectivity index is 1.23. The van der Waals surface area contributed by atoms with Crippen LogP contribution in [0.25, 0.3) is 17.3 Å². The van der Waals surface area contributed by atoms with Gasteiger partial charge in [0.2, 0.25) is 5.91 Å². The minimum absolute atomic E-state index is 0.0831. The third-order valence-electron chi connectivity index (χ3n) is 7.14. The van der Waals surface area contributed by atoms with Crippen molar-refractivity contribution in [3.8, 4) is 22.8 Å². The van der Waals surface area contributed by atoms with E-state index in [1.165, 1.54) is 23.1 Å². The second-order valence-electron chi connectivity index (χ2n) is 10.8. The molecule has 5 aromatic rings. The van der Waals surface area contributed by atoms with Crippen molar-refractivity contribution in [3.63, 3.8) is 0 Å². The van der Waals surface area contributed by atoms with Crippen molar-refractivity contribution >= 4 is 63.4 Å². The van der Waals surface area contributed by atoms with Crippen LogP contribution in [-0.4, -0.2) is 56.8 Å². The number of carbonyl (C=O) groups is 3. The molecule has 3 amide bonds. The van der Waals surface area contributed by atoms with Gasteiger partial charge in [-0.05, 0) is 72.3 Å². The molecule has 0 bridgehead atoms. The van der Waals surface area contributed by atoms with Gasteiger partial charge in [-0.15, -0.1) is 23.1 Å². The lowest BCUT2D eigenvalue weighted by Gasteiger charge is -2.14. The van der Waals surface area contributed by atoms with Crippen LogP contribution in [0.2, 0.25) is 0 Å². The van der Waals surface area contributed by atoms with Gasteiger partial charge in [0, 0.05) is 46.9 Å². The number of amides is 3. The predicted octanol–water partition coefficient (Wildman–Crippen LogP) is 7.03. The van der Waals surface area contributed by atoms with Crippen LogP contribution in [0.3, 0.4) is 0 Å². The number of hydrogen-bond acceptors (Lipinski definition) is 9. The summed E-state index contributed by atoms with van der Waals surface area (Å²) in [5.74, 6) is 0.222. The molecule has 0 spiro atoms. The second kappa shape index (κ2) is 16.5. The fraction of sp³-hybridized carbons (Fsp3) is 0.135. The number of carbonyl (C=O) groups excluding carboxylic acids is 3. The Hall–Kier alpha value is -5.59. The quantitative estimate of drug-likeness (QED) is 0.0888. The molecule has 250 valence electrons. The van der Waals surface area contributed by atoms with Crippen LogP contribution in [0.15, 0.2) is 113 Å². The molecule has 0 fully saturated rings. The number of thioether (sulfide) groups is 1. The third-order valence-corrected chi connectivity index (χ3v) is 8.89. The summed E-state index contributed by atoms with van der Waals surface area (Å²) in [5.41, 5.74) is 4.31. The van der Waals surface area contributed by atoms with Gasteiger partial charge < -0.3 is 30.3 Å². The molecule has 0 saturated carbocycles. The van der Waals surface area contributed by atoms with E-state index in [4.69, 9.17) is 9.47 Å². The lowest BCUT2D eigenvalue weighted by atomic mass is 10.1. The summed E-state index contributed by atoms with van der Waals surface area (Å²) in [4.78, 5) is 46.6. The smallest absolute Gasteiger partial charge is 0.272 e. The first-order chi connectivity index (χ1) is 23.7. The van der Waals surface area contributed by atoms with Crippen LogP contribution < -0.4 is 30.3 Å². The summed E-state index contributed by atoms with van der Waals surface area (Å²) in [7, 11) is 7.04. The first-order valence-electron chi connectivity index (χ1n) is 15.1. The summed E-state index contributed by atoms with van der Waals surface area (Å²) >= 11 is 2.64. The van der Waals surface area contributed by atoms with Crippen LogP contribution in [0.5, 0.6) is 11.5 Å². The minimum Gasteiger partial charge on any atom is -0.493 e. The second-order valence-corrected chi connectivity index (χ2v) is 12.7. The molecule has 0 unspecified atom stereocenters. The number of hydrogen-bond donors (Lipinski definition) is 3. The Morgan fingerprint density at radius 1 is 0.857 bits per heavy atom. The van der Waals surface area contributed by atoms with E-state index in [0.29, 0.717) is 33.6 Å². The van der Waals surface area contributed by atoms with E-state index in [9.17, 15) is 14.4 Å². The molecule has 10 nitrogen and oxygen atoms in total. The Labute approximate surface area is 293 Å². The van der Waals surface area contributed by atoms with Crippen LogP contribution in [-0.2, 0) is 9.59 Å². The lowest BCUT2D eigenvalue weighted by molar-refractivity contribution is -0.114. The van der Waals surface area contributed by atoms with Gasteiger partial charge in [0.25, 0.3) is 11.8 Å². The third kappa shape index (κ3) is 9.49. The lowest BCUT2D eigenvalue weighted by Crippen LogP contribution is -2.30. The van der Waals surface area contributed by atoms with E-state index in [2.05, 4.69) is 20.9 Å². The van der Waals surface area contributed by atoms with E-state index < -0.39 is 11.8 Å². The van der Waals surface area contributed by atoms with E-state index in [-0.39, 0.29) is 17.4 Å². The topological polar surface area (TPSA) is 122 Å². The largest absolute Gasteiger partial charge is 0.493 e. The molecule has 0 atom stereocenters. The molecule has 4 aromatic carbocycles. The minimum atomic E-state index is -0.491. The van der Waals surface area contributed by atoms with Crippen molar-refractivity contribution in [3.05, 3.63) is 119 Å². The summed E-state index contributed by atoms with van der Waals surface area (Å²) < 4.78 is 10.7. The van der Waals surface area contributed by atoms with Crippen molar-refractivity contribution < 1.29 is 23.9 Å². The molecule has 0 radical (unpaired) electrons. The Morgan fingerprint density at radius 2 is 1.61 bits per heavy atom. The highest BCUT2D eigenvalue weighted by atomic mass is 32.2. The maximum atomic E-state index is 13.5. The number of thiazole rings is 1. The summed E-state index contributed by atoms with van der Waals surface area (Å²) in [6.07, 6.45) is 1.63. The maximum absolute atomic E-state index is 13.5. The molecule has 12 heteroatoms. The molecule has 1 aromatic heterocycles.